The van der Waals surface area contributed by atoms with Gasteiger partial charge in [0, 0.05) is 5.70 Å². The number of anilines is 1. The van der Waals surface area contributed by atoms with Gasteiger partial charge in [0.05, 0.1) is 23.8 Å². The minimum atomic E-state index is -0.606. The molecule has 2 heterocycles. The fourth-order valence-corrected chi connectivity index (χ4v) is 4.33. The first-order valence-electron chi connectivity index (χ1n) is 10.4. The third-order valence-electron chi connectivity index (χ3n) is 5.41. The summed E-state index contributed by atoms with van der Waals surface area (Å²) in [7, 11) is 1.57. The largest absolute Gasteiger partial charge is 0.493 e. The lowest BCUT2D eigenvalue weighted by molar-refractivity contribution is -0.139. The van der Waals surface area contributed by atoms with E-state index >= 15 is 0 Å². The second kappa shape index (κ2) is 9.62. The summed E-state index contributed by atoms with van der Waals surface area (Å²) in [5, 5.41) is 14.9. The summed E-state index contributed by atoms with van der Waals surface area (Å²) in [4.78, 5) is 12.9. The van der Waals surface area contributed by atoms with E-state index in [1.807, 2.05) is 43.3 Å². The number of nitrogens with one attached hydrogen (secondary N) is 1. The number of aryl methyl sites for hydroxylation is 1. The number of esters is 1. The maximum Gasteiger partial charge on any atom is 0.338 e. The fourth-order valence-electron chi connectivity index (χ4n) is 3.75. The number of benzene rings is 2. The van der Waals surface area contributed by atoms with Crippen molar-refractivity contribution in [1.29, 1.82) is 0 Å². The molecule has 2 aromatic carbocycles. The Morgan fingerprint density at radius 3 is 2.76 bits per heavy atom. The summed E-state index contributed by atoms with van der Waals surface area (Å²) in [5.74, 6) is 1.07. The van der Waals surface area contributed by atoms with Crippen LogP contribution in [0.25, 0.3) is 0 Å². The quantitative estimate of drug-likeness (QED) is 0.469. The van der Waals surface area contributed by atoms with Crippen molar-refractivity contribution in [3.05, 3.63) is 68.8 Å². The molecule has 0 fully saturated rings. The van der Waals surface area contributed by atoms with Crippen molar-refractivity contribution in [3.8, 4) is 11.5 Å². The average molecular weight is 514 g/mol. The lowest BCUT2D eigenvalue weighted by atomic mass is 9.95. The maximum absolute atomic E-state index is 12.9. The van der Waals surface area contributed by atoms with E-state index in [0.29, 0.717) is 39.8 Å². The molecule has 4 rings (SSSR count). The Bertz CT molecular complexity index is 1220. The number of ether oxygens (including phenoxy) is 3. The first-order chi connectivity index (χ1) is 15.9. The SMILES string of the molecule is CCOC(=O)C1=C(C)Nc2nnnn2C1c1cc(Br)c(OCc2ccccc2C)c(OC)c1. The van der Waals surface area contributed by atoms with Crippen molar-refractivity contribution < 1.29 is 19.0 Å². The number of rotatable bonds is 7. The number of tetrazole rings is 1. The Hall–Kier alpha value is -3.40. The van der Waals surface area contributed by atoms with Crippen molar-refractivity contribution in [2.75, 3.05) is 19.0 Å². The molecule has 33 heavy (non-hydrogen) atoms. The molecule has 1 aromatic heterocycles. The van der Waals surface area contributed by atoms with Gasteiger partial charge in [-0.25, -0.2) is 4.79 Å². The molecule has 3 aromatic rings. The van der Waals surface area contributed by atoms with Crippen LogP contribution in [-0.4, -0.2) is 39.9 Å². The number of hydrogen-bond acceptors (Lipinski definition) is 8. The van der Waals surface area contributed by atoms with Crippen LogP contribution in [0.5, 0.6) is 11.5 Å². The predicted octanol–water partition coefficient (Wildman–Crippen LogP) is 4.18. The maximum atomic E-state index is 12.9. The summed E-state index contributed by atoms with van der Waals surface area (Å²) in [6.07, 6.45) is 0. The highest BCUT2D eigenvalue weighted by atomic mass is 79.9. The number of hydrogen-bond donors (Lipinski definition) is 1. The smallest absolute Gasteiger partial charge is 0.338 e. The molecule has 9 nitrogen and oxygen atoms in total. The Balaban J connectivity index is 1.74. The van der Waals surface area contributed by atoms with Crippen molar-refractivity contribution >= 4 is 27.8 Å². The zero-order valence-electron chi connectivity index (χ0n) is 18.8. The molecule has 0 radical (unpaired) electrons. The van der Waals surface area contributed by atoms with Gasteiger partial charge in [-0.3, -0.25) is 0 Å². The van der Waals surface area contributed by atoms with Gasteiger partial charge in [0.25, 0.3) is 0 Å². The molecular weight excluding hydrogens is 490 g/mol. The molecule has 1 atom stereocenters. The van der Waals surface area contributed by atoms with Crippen LogP contribution in [0.15, 0.2) is 52.1 Å². The van der Waals surface area contributed by atoms with Gasteiger partial charge < -0.3 is 19.5 Å². The highest BCUT2D eigenvalue weighted by molar-refractivity contribution is 9.10. The normalized spacial score (nSPS) is 15.0. The Morgan fingerprint density at radius 1 is 1.24 bits per heavy atom. The number of aromatic nitrogens is 4. The van der Waals surface area contributed by atoms with Gasteiger partial charge in [-0.1, -0.05) is 29.4 Å². The van der Waals surface area contributed by atoms with Crippen molar-refractivity contribution in [3.63, 3.8) is 0 Å². The molecule has 172 valence electrons. The van der Waals surface area contributed by atoms with E-state index in [4.69, 9.17) is 14.2 Å². The van der Waals surface area contributed by atoms with Gasteiger partial charge in [0.1, 0.15) is 12.6 Å². The van der Waals surface area contributed by atoms with Gasteiger partial charge in [0.2, 0.25) is 5.95 Å². The number of allylic oxidation sites excluding steroid dienone is 1. The highest BCUT2D eigenvalue weighted by Crippen LogP contribution is 2.43. The third kappa shape index (κ3) is 4.43. The molecule has 0 spiro atoms. The standard InChI is InChI=1S/C23H24BrN5O4/c1-5-32-22(30)19-14(3)25-23-26-27-28-29(23)20(19)16-10-17(24)21(18(11-16)31-4)33-12-15-9-7-6-8-13(15)2/h6-11,20H,5,12H2,1-4H3,(H,25,26,28). The van der Waals surface area contributed by atoms with Crippen LogP contribution < -0.4 is 14.8 Å². The van der Waals surface area contributed by atoms with E-state index in [0.717, 1.165) is 16.7 Å². The summed E-state index contributed by atoms with van der Waals surface area (Å²) in [6.45, 7) is 6.24. The molecule has 10 heteroatoms. The van der Waals surface area contributed by atoms with Crippen LogP contribution >= 0.6 is 15.9 Å². The highest BCUT2D eigenvalue weighted by Gasteiger charge is 2.35. The molecule has 1 aliphatic heterocycles. The van der Waals surface area contributed by atoms with E-state index in [-0.39, 0.29) is 6.61 Å². The number of carbonyl (C=O) groups excluding carboxylic acids is 1. The molecule has 1 unspecified atom stereocenters. The zero-order chi connectivity index (χ0) is 23.5. The molecule has 0 bridgehead atoms. The minimum absolute atomic E-state index is 0.253. The summed E-state index contributed by atoms with van der Waals surface area (Å²) >= 11 is 3.62. The first kappa shape index (κ1) is 22.8. The van der Waals surface area contributed by atoms with Crippen LogP contribution in [0.4, 0.5) is 5.95 Å². The van der Waals surface area contributed by atoms with Crippen LogP contribution in [0.3, 0.4) is 0 Å². The van der Waals surface area contributed by atoms with E-state index in [1.54, 1.807) is 25.6 Å². The zero-order valence-corrected chi connectivity index (χ0v) is 20.3. The van der Waals surface area contributed by atoms with Crippen molar-refractivity contribution in [2.24, 2.45) is 0 Å². The predicted molar refractivity (Wildman–Crippen MR) is 125 cm³/mol. The van der Waals surface area contributed by atoms with Crippen molar-refractivity contribution in [2.45, 2.75) is 33.4 Å². The Kier molecular flexibility index (Phi) is 6.64. The van der Waals surface area contributed by atoms with E-state index in [1.165, 1.54) is 0 Å². The van der Waals surface area contributed by atoms with Gasteiger partial charge in [-0.05, 0) is 76.0 Å². The summed E-state index contributed by atoms with van der Waals surface area (Å²) in [5.41, 5.74) is 3.99. The van der Waals surface area contributed by atoms with E-state index < -0.39 is 12.0 Å². The molecule has 1 aliphatic rings. The van der Waals surface area contributed by atoms with Crippen LogP contribution in [0, 0.1) is 6.92 Å². The molecule has 0 saturated carbocycles. The van der Waals surface area contributed by atoms with Gasteiger partial charge in [-0.2, -0.15) is 4.68 Å². The number of fused-ring (bicyclic) bond motifs is 1. The third-order valence-corrected chi connectivity index (χ3v) is 6.00. The number of carbonyl (C=O) groups is 1. The topological polar surface area (TPSA) is 100 Å². The van der Waals surface area contributed by atoms with Gasteiger partial charge in [0.15, 0.2) is 11.5 Å². The van der Waals surface area contributed by atoms with Gasteiger partial charge >= 0.3 is 5.97 Å². The molecule has 0 aliphatic carbocycles. The average Bonchev–Trinajstić information content (AvgIpc) is 3.26. The number of nitrogens with zero attached hydrogens (tertiary/aromatic N) is 4. The second-order valence-corrected chi connectivity index (χ2v) is 8.34. The van der Waals surface area contributed by atoms with Crippen LogP contribution in [0.2, 0.25) is 0 Å². The lowest BCUT2D eigenvalue weighted by Crippen LogP contribution is -2.29. The molecule has 0 amide bonds. The van der Waals surface area contributed by atoms with Crippen molar-refractivity contribution in [1.82, 2.24) is 20.2 Å². The molecular formula is C23H24BrN5O4. The summed E-state index contributed by atoms with van der Waals surface area (Å²) in [6, 6.07) is 11.1. The van der Waals surface area contributed by atoms with E-state index in [2.05, 4.69) is 36.8 Å². The van der Waals surface area contributed by atoms with Gasteiger partial charge in [-0.15, -0.1) is 0 Å². The number of methoxy groups -OCH3 is 1. The number of halogens is 1. The fraction of sp³-hybridized carbons (Fsp3) is 0.304. The second-order valence-electron chi connectivity index (χ2n) is 7.48. The lowest BCUT2D eigenvalue weighted by Gasteiger charge is -2.28. The Morgan fingerprint density at radius 2 is 2.03 bits per heavy atom. The molecule has 1 N–H and O–H groups in total. The first-order valence-corrected chi connectivity index (χ1v) is 11.2. The monoisotopic (exact) mass is 513 g/mol. The summed E-state index contributed by atoms with van der Waals surface area (Å²) < 4.78 is 19.3. The molecule has 0 saturated heterocycles. The van der Waals surface area contributed by atoms with Crippen LogP contribution in [-0.2, 0) is 16.1 Å². The van der Waals surface area contributed by atoms with Crippen LogP contribution in [0.1, 0.15) is 36.6 Å². The van der Waals surface area contributed by atoms with E-state index in [9.17, 15) is 4.79 Å². The Labute approximate surface area is 199 Å². The minimum Gasteiger partial charge on any atom is -0.493 e.